The van der Waals surface area contributed by atoms with E-state index in [1.54, 1.807) is 56.3 Å². The Balaban J connectivity index is 2.15. The summed E-state index contributed by atoms with van der Waals surface area (Å²) in [6.45, 7) is 7.13. The Morgan fingerprint density at radius 1 is 1.07 bits per heavy atom. The van der Waals surface area contributed by atoms with E-state index in [1.165, 1.54) is 18.2 Å². The lowest BCUT2D eigenvalue weighted by Crippen LogP contribution is -2.45. The number of nitrogens with zero attached hydrogens (tertiary/aromatic N) is 1. The van der Waals surface area contributed by atoms with E-state index in [4.69, 9.17) is 4.74 Å². The summed E-state index contributed by atoms with van der Waals surface area (Å²) in [4.78, 5) is 25.7. The van der Waals surface area contributed by atoms with E-state index in [1.807, 2.05) is 0 Å². The highest BCUT2D eigenvalue weighted by atomic mass is 32.2. The fourth-order valence-corrected chi connectivity index (χ4v) is 4.34. The van der Waals surface area contributed by atoms with Crippen molar-refractivity contribution in [3.05, 3.63) is 78.4 Å². The van der Waals surface area contributed by atoms with Crippen LogP contribution in [0.15, 0.2) is 72.1 Å². The van der Waals surface area contributed by atoms with Gasteiger partial charge in [0.15, 0.2) is 0 Å². The van der Waals surface area contributed by atoms with Crippen LogP contribution in [-0.2, 0) is 25.2 Å². The fraction of sp³-hybridized carbons (Fsp3) is 0.200. The van der Waals surface area contributed by atoms with Gasteiger partial charge in [-0.3, -0.25) is 4.79 Å². The molecule has 0 saturated carbocycles. The van der Waals surface area contributed by atoms with Gasteiger partial charge < -0.3 is 4.74 Å². The van der Waals surface area contributed by atoms with Crippen LogP contribution in [0.3, 0.4) is 0 Å². The largest absolute Gasteiger partial charge is 0.432 e. The molecular formula is C20H19NO5S. The van der Waals surface area contributed by atoms with Crippen LogP contribution in [-0.4, -0.2) is 24.7 Å². The van der Waals surface area contributed by atoms with E-state index in [2.05, 4.69) is 6.58 Å². The number of hydrogen-bond donors (Lipinski definition) is 0. The zero-order chi connectivity index (χ0) is 19.8. The van der Waals surface area contributed by atoms with Crippen molar-refractivity contribution in [2.45, 2.75) is 24.3 Å². The van der Waals surface area contributed by atoms with Gasteiger partial charge in [-0.2, -0.15) is 0 Å². The molecule has 1 aliphatic rings. The molecule has 3 rings (SSSR count). The molecule has 0 spiro atoms. The molecule has 1 heterocycles. The summed E-state index contributed by atoms with van der Waals surface area (Å²) in [6, 6.07) is 14.2. The maximum absolute atomic E-state index is 13.3. The molecule has 7 heteroatoms. The smallest absolute Gasteiger partial charge is 0.426 e. The lowest BCUT2D eigenvalue weighted by atomic mass is 9.82. The van der Waals surface area contributed by atoms with Gasteiger partial charge in [-0.05, 0) is 19.1 Å². The molecule has 0 aromatic heterocycles. The highest BCUT2D eigenvalue weighted by Crippen LogP contribution is 2.43. The second-order valence-electron chi connectivity index (χ2n) is 6.38. The predicted octanol–water partition coefficient (Wildman–Crippen LogP) is 3.38. The van der Waals surface area contributed by atoms with Gasteiger partial charge in [0.1, 0.15) is 0 Å². The Morgan fingerprint density at radius 3 is 2.22 bits per heavy atom. The van der Waals surface area contributed by atoms with Crippen LogP contribution in [0.5, 0.6) is 0 Å². The van der Waals surface area contributed by atoms with Gasteiger partial charge in [0.25, 0.3) is 15.9 Å². The molecule has 2 aromatic carbocycles. The third-order valence-corrected chi connectivity index (χ3v) is 6.34. The number of sulfonamides is 1. The molecule has 1 saturated heterocycles. The minimum Gasteiger partial charge on any atom is -0.426 e. The van der Waals surface area contributed by atoms with Crippen LogP contribution in [0.1, 0.15) is 18.1 Å². The molecule has 1 fully saturated rings. The van der Waals surface area contributed by atoms with E-state index in [-0.39, 0.29) is 9.20 Å². The SMILES string of the molecule is C=C[C@H](C)[C@@]1(c2ccccc2)OC(=O)N(S(=O)(=O)c2ccc(C)cc2)C1=O. The zero-order valence-electron chi connectivity index (χ0n) is 15.0. The molecule has 0 radical (unpaired) electrons. The average molecular weight is 385 g/mol. The van der Waals surface area contributed by atoms with Crippen molar-refractivity contribution >= 4 is 22.0 Å². The van der Waals surface area contributed by atoms with Gasteiger partial charge >= 0.3 is 6.09 Å². The monoisotopic (exact) mass is 385 g/mol. The molecule has 2 atom stereocenters. The van der Waals surface area contributed by atoms with Crippen LogP contribution in [0.25, 0.3) is 0 Å². The van der Waals surface area contributed by atoms with Crippen LogP contribution in [0.4, 0.5) is 4.79 Å². The number of hydrogen-bond acceptors (Lipinski definition) is 5. The number of rotatable bonds is 5. The third kappa shape index (κ3) is 2.84. The quantitative estimate of drug-likeness (QED) is 0.737. The first kappa shape index (κ1) is 18.8. The Hall–Kier alpha value is -2.93. The van der Waals surface area contributed by atoms with Crippen molar-refractivity contribution in [2.24, 2.45) is 5.92 Å². The van der Waals surface area contributed by atoms with E-state index in [0.717, 1.165) is 5.56 Å². The third-order valence-electron chi connectivity index (χ3n) is 4.67. The molecule has 2 amide bonds. The van der Waals surface area contributed by atoms with Gasteiger partial charge in [0.05, 0.1) is 4.90 Å². The minimum atomic E-state index is -4.40. The summed E-state index contributed by atoms with van der Waals surface area (Å²) in [5.74, 6) is -1.60. The van der Waals surface area contributed by atoms with Gasteiger partial charge in [-0.1, -0.05) is 61.0 Å². The Morgan fingerprint density at radius 2 is 1.67 bits per heavy atom. The number of imide groups is 1. The summed E-state index contributed by atoms with van der Waals surface area (Å²) < 4.78 is 31.6. The van der Waals surface area contributed by atoms with Crippen LogP contribution < -0.4 is 0 Å². The van der Waals surface area contributed by atoms with Gasteiger partial charge in [0, 0.05) is 11.5 Å². The Labute approximate surface area is 158 Å². The first-order valence-corrected chi connectivity index (χ1v) is 9.76. The summed E-state index contributed by atoms with van der Waals surface area (Å²) >= 11 is 0. The number of benzene rings is 2. The number of carbonyl (C=O) groups is 2. The fourth-order valence-electron chi connectivity index (χ4n) is 3.06. The van der Waals surface area contributed by atoms with Crippen molar-refractivity contribution in [1.29, 1.82) is 0 Å². The molecule has 6 nitrogen and oxygen atoms in total. The number of ether oxygens (including phenoxy) is 1. The van der Waals surface area contributed by atoms with E-state index in [9.17, 15) is 18.0 Å². The molecule has 0 N–H and O–H groups in total. The minimum absolute atomic E-state index is 0.159. The maximum atomic E-state index is 13.3. The number of carbonyl (C=O) groups excluding carboxylic acids is 2. The second-order valence-corrected chi connectivity index (χ2v) is 8.17. The first-order valence-electron chi connectivity index (χ1n) is 8.32. The highest BCUT2D eigenvalue weighted by Gasteiger charge is 2.61. The van der Waals surface area contributed by atoms with Crippen molar-refractivity contribution < 1.29 is 22.7 Å². The molecule has 27 heavy (non-hydrogen) atoms. The van der Waals surface area contributed by atoms with Crippen molar-refractivity contribution in [3.8, 4) is 0 Å². The van der Waals surface area contributed by atoms with E-state index in [0.29, 0.717) is 5.56 Å². The molecule has 1 aliphatic heterocycles. The summed E-state index contributed by atoms with van der Waals surface area (Å²) in [5, 5.41) is 0. The number of amides is 2. The predicted molar refractivity (Wildman–Crippen MR) is 99.2 cm³/mol. The van der Waals surface area contributed by atoms with Gasteiger partial charge in [0.2, 0.25) is 5.60 Å². The number of aryl methyl sites for hydroxylation is 1. The second kappa shape index (κ2) is 6.66. The summed E-state index contributed by atoms with van der Waals surface area (Å²) in [6.07, 6.45) is 0.235. The standard InChI is InChI=1S/C20H19NO5S/c1-4-15(3)20(16-8-6-5-7-9-16)18(22)21(19(23)26-20)27(24,25)17-12-10-14(2)11-13-17/h4-13,15H,1H2,2-3H3/t15-,20-/m0/s1. The Bertz CT molecular complexity index is 998. The van der Waals surface area contributed by atoms with E-state index < -0.39 is 33.5 Å². The lowest BCUT2D eigenvalue weighted by molar-refractivity contribution is -0.138. The van der Waals surface area contributed by atoms with E-state index >= 15 is 0 Å². The molecular weight excluding hydrogens is 366 g/mol. The Kier molecular flexibility index (Phi) is 4.65. The van der Waals surface area contributed by atoms with Crippen molar-refractivity contribution in [3.63, 3.8) is 0 Å². The maximum Gasteiger partial charge on any atom is 0.432 e. The summed E-state index contributed by atoms with van der Waals surface area (Å²) in [7, 11) is -4.40. The normalized spacial score (nSPS) is 21.0. The zero-order valence-corrected chi connectivity index (χ0v) is 15.8. The van der Waals surface area contributed by atoms with Crippen LogP contribution in [0, 0.1) is 12.8 Å². The highest BCUT2D eigenvalue weighted by molar-refractivity contribution is 7.90. The van der Waals surface area contributed by atoms with Crippen LogP contribution in [0.2, 0.25) is 0 Å². The molecule has 2 aromatic rings. The average Bonchev–Trinajstić information content (AvgIpc) is 2.94. The van der Waals surface area contributed by atoms with Crippen molar-refractivity contribution in [1.82, 2.24) is 4.31 Å². The van der Waals surface area contributed by atoms with Gasteiger partial charge in [-0.25, -0.2) is 13.2 Å². The molecule has 140 valence electrons. The summed E-state index contributed by atoms with van der Waals surface area (Å²) in [5.41, 5.74) is -0.543. The molecule has 0 aliphatic carbocycles. The van der Waals surface area contributed by atoms with Crippen molar-refractivity contribution in [2.75, 3.05) is 0 Å². The molecule has 0 unspecified atom stereocenters. The first-order chi connectivity index (χ1) is 12.7. The number of cyclic esters (lactones) is 1. The topological polar surface area (TPSA) is 80.8 Å². The van der Waals surface area contributed by atoms with Crippen LogP contribution >= 0.6 is 0 Å². The lowest BCUT2D eigenvalue weighted by Gasteiger charge is -2.29. The molecule has 0 bridgehead atoms. The van der Waals surface area contributed by atoms with Gasteiger partial charge in [-0.15, -0.1) is 10.9 Å².